The fourth-order valence-electron chi connectivity index (χ4n) is 12.6. The summed E-state index contributed by atoms with van der Waals surface area (Å²) in [5, 5.41) is 12.2. The van der Waals surface area contributed by atoms with Gasteiger partial charge in [-0.15, -0.1) is 0 Å². The van der Waals surface area contributed by atoms with Crippen molar-refractivity contribution in [3.8, 4) is 0 Å². The number of carbonyl (C=O) groups excluding carboxylic acids is 10. The van der Waals surface area contributed by atoms with Crippen LogP contribution in [0.3, 0.4) is 0 Å². The first-order chi connectivity index (χ1) is 44.3. The Morgan fingerprint density at radius 1 is 0.511 bits per heavy atom. The maximum atomic E-state index is 12.5. The smallest absolute Gasteiger partial charge is 0.793 e. The molecule has 0 bridgehead atoms. The number of fused-ring (bicyclic) bond motifs is 3. The Hall–Kier alpha value is -7.62. The molecule has 0 saturated carbocycles. The number of Topliss-reactive ketones (excluding diaryl/α,β-unsaturated/α-hetero) is 1. The number of ether oxygens (including phenoxy) is 3. The topological polar surface area (TPSA) is 290 Å². The minimum absolute atomic E-state index is 0. The maximum Gasteiger partial charge on any atom is 1.00 e. The summed E-state index contributed by atoms with van der Waals surface area (Å²) in [6, 6.07) is 24.7. The molecule has 3 radical (unpaired) electrons. The summed E-state index contributed by atoms with van der Waals surface area (Å²) in [7, 11) is 4.32. The van der Waals surface area contributed by atoms with E-state index in [9.17, 15) is 47.9 Å². The normalized spacial score (nSPS) is 20.2. The zero-order chi connectivity index (χ0) is 66.3. The van der Waals surface area contributed by atoms with Crippen molar-refractivity contribution in [2.75, 3.05) is 114 Å². The molecular weight excluding hydrogens is 1220 g/mol. The number of likely N-dealkylation sites (tertiary alicyclic amines) is 5. The number of benzene rings is 3. The largest absolute Gasteiger partial charge is 1.00 e. The Balaban J connectivity index is 0.000000219. The molecule has 25 nitrogen and oxygen atoms in total. The average Bonchev–Trinajstić information content (AvgIpc) is 1.65. The van der Waals surface area contributed by atoms with E-state index in [1.807, 2.05) is 90.4 Å². The van der Waals surface area contributed by atoms with E-state index in [-0.39, 0.29) is 91.2 Å². The number of nitrogens with zero attached hydrogens (tertiary/aromatic N) is 5. The van der Waals surface area contributed by atoms with Gasteiger partial charge in [0.15, 0.2) is 5.78 Å². The maximum absolute atomic E-state index is 12.5. The number of piperidine rings is 3. The second kappa shape index (κ2) is 38.7. The van der Waals surface area contributed by atoms with Crippen LogP contribution in [0.5, 0.6) is 0 Å². The van der Waals surface area contributed by atoms with Gasteiger partial charge >= 0.3 is 59.8 Å². The van der Waals surface area contributed by atoms with E-state index in [0.29, 0.717) is 50.8 Å². The predicted octanol–water partition coefficient (Wildman–Crippen LogP) is 4.88. The molecule has 27 heteroatoms. The van der Waals surface area contributed by atoms with Crippen LogP contribution >= 0.6 is 0 Å². The van der Waals surface area contributed by atoms with Gasteiger partial charge in [0.25, 0.3) is 11.8 Å². The van der Waals surface area contributed by atoms with Crippen LogP contribution in [-0.2, 0) is 62.2 Å². The van der Waals surface area contributed by atoms with E-state index in [2.05, 4.69) is 59.6 Å². The minimum atomic E-state index is -0.639. The van der Waals surface area contributed by atoms with Crippen molar-refractivity contribution in [2.45, 2.75) is 125 Å². The first kappa shape index (κ1) is 77.1. The molecule has 0 aliphatic carbocycles. The van der Waals surface area contributed by atoms with Crippen molar-refractivity contribution in [2.24, 2.45) is 5.92 Å². The fraction of sp³-hybridized carbons (Fsp3) is 0.522. The van der Waals surface area contributed by atoms with E-state index < -0.39 is 17.9 Å². The second-order valence-corrected chi connectivity index (χ2v) is 23.0. The molecule has 9 aliphatic rings. The summed E-state index contributed by atoms with van der Waals surface area (Å²) >= 11 is 0. The molecule has 503 valence electrons. The number of amides is 6. The van der Waals surface area contributed by atoms with Gasteiger partial charge in [-0.05, 0) is 128 Å². The number of carbonyl (C=O) groups is 10. The number of hydrogen-bond donors (Lipinski definition) is 4. The fourth-order valence-corrected chi connectivity index (χ4v) is 12.6. The third-order valence-electron chi connectivity index (χ3n) is 16.9. The van der Waals surface area contributed by atoms with Crippen LogP contribution in [0.1, 0.15) is 129 Å². The standard InChI is InChI=1S/C20H27N3O3.C20H25N3O3.C13H14N2O.C7H11NO3.C4H6O4.C2H3BO2.CH4.Na/c2*1-2-26-20(25)23-12-9-15(13-23)22-10-7-14(8-11-22)18-16-5-3-4-6-17(16)21-19(18)24;16-13-12(9-5-7-14-8-6-9)10-3-1-2-4-11(10)15-13;1-2-11-7(10)8-4-3-6(9)5-8;1-3(5)7-8-4(2)6;1-2(4)5-3;;/h3-6,14-15,18H,2,7-13H2,1H3,(H,21,24);3-6,15H,2,7-13H2,1H3,(H,21,24);1-4,14H,5-8H2,(H,15,16);2-5H2,1H3;1-2H3;1H3;1H4;/q;;;;;-1;;+1. The zero-order valence-electron chi connectivity index (χ0n) is 54.6. The van der Waals surface area contributed by atoms with Gasteiger partial charge in [-0.2, -0.15) is 0 Å². The summed E-state index contributed by atoms with van der Waals surface area (Å²) in [4.78, 5) is 129. The van der Waals surface area contributed by atoms with Crippen LogP contribution in [0.25, 0.3) is 11.1 Å². The van der Waals surface area contributed by atoms with Crippen molar-refractivity contribution < 1.29 is 106 Å². The Labute approximate surface area is 574 Å². The van der Waals surface area contributed by atoms with E-state index in [0.717, 1.165) is 176 Å². The van der Waals surface area contributed by atoms with Gasteiger partial charge in [0, 0.05) is 124 Å². The third kappa shape index (κ3) is 21.7. The third-order valence-corrected chi connectivity index (χ3v) is 16.9. The molecule has 3 atom stereocenters. The minimum Gasteiger partial charge on any atom is -0.793 e. The van der Waals surface area contributed by atoms with Gasteiger partial charge in [0.2, 0.25) is 11.9 Å². The summed E-state index contributed by atoms with van der Waals surface area (Å²) in [5.41, 5.74) is 10.5. The van der Waals surface area contributed by atoms with E-state index in [1.165, 1.54) is 23.0 Å². The van der Waals surface area contributed by atoms with Crippen molar-refractivity contribution in [1.82, 2.24) is 29.8 Å². The van der Waals surface area contributed by atoms with Gasteiger partial charge in [-0.25, -0.2) is 33.7 Å². The zero-order valence-corrected chi connectivity index (χ0v) is 56.6. The number of hydrogen-bond acceptors (Lipinski definition) is 19. The number of anilines is 3. The van der Waals surface area contributed by atoms with Crippen molar-refractivity contribution >= 4 is 95.9 Å². The van der Waals surface area contributed by atoms with E-state index in [4.69, 9.17) is 14.2 Å². The molecular formula is C67H90BN9NaO16. The van der Waals surface area contributed by atoms with Crippen molar-refractivity contribution in [1.29, 1.82) is 0 Å². The molecule has 9 aliphatic heterocycles. The molecule has 6 fully saturated rings. The first-order valence-electron chi connectivity index (χ1n) is 31.7. The molecule has 94 heavy (non-hydrogen) atoms. The van der Waals surface area contributed by atoms with Crippen LogP contribution in [0.4, 0.5) is 31.4 Å². The Bertz CT molecular complexity index is 3180. The molecule has 6 saturated heterocycles. The van der Waals surface area contributed by atoms with Crippen LogP contribution in [0, 0.1) is 5.92 Å². The van der Waals surface area contributed by atoms with Gasteiger partial charge in [-0.3, -0.25) is 33.8 Å². The number of nitrogens with one attached hydrogen (secondary N) is 4. The summed E-state index contributed by atoms with van der Waals surface area (Å²) < 4.78 is 18.5. The molecule has 4 N–H and O–H groups in total. The van der Waals surface area contributed by atoms with Gasteiger partial charge in [-0.1, -0.05) is 73.2 Å². The van der Waals surface area contributed by atoms with Crippen molar-refractivity contribution in [3.05, 3.63) is 101 Å². The molecule has 6 amide bonds. The molecule has 12 rings (SSSR count). The Morgan fingerprint density at radius 2 is 0.936 bits per heavy atom. The van der Waals surface area contributed by atoms with E-state index in [1.54, 1.807) is 6.92 Å². The quantitative estimate of drug-likeness (QED) is 0.0841. The van der Waals surface area contributed by atoms with Crippen molar-refractivity contribution in [3.63, 3.8) is 0 Å². The summed E-state index contributed by atoms with van der Waals surface area (Å²) in [6.07, 6.45) is 7.55. The van der Waals surface area contributed by atoms with Crippen LogP contribution < -0.4 is 50.8 Å². The summed E-state index contributed by atoms with van der Waals surface area (Å²) in [6.45, 7) is 19.8. The number of ketones is 1. The Morgan fingerprint density at radius 3 is 1.37 bits per heavy atom. The predicted molar refractivity (Wildman–Crippen MR) is 349 cm³/mol. The van der Waals surface area contributed by atoms with Crippen LogP contribution in [0.2, 0.25) is 0 Å². The monoisotopic (exact) mass is 1310 g/mol. The second-order valence-electron chi connectivity index (χ2n) is 23.0. The van der Waals surface area contributed by atoms with E-state index >= 15 is 0 Å². The molecule has 0 aromatic heterocycles. The number of para-hydroxylation sites is 3. The Kier molecular flexibility index (Phi) is 31.7. The molecule has 3 aromatic rings. The molecule has 3 unspecified atom stereocenters. The van der Waals surface area contributed by atoms with Crippen LogP contribution in [-0.4, -0.2) is 203 Å². The first-order valence-corrected chi connectivity index (χ1v) is 31.7. The SMILES string of the molecule is C.CC(=O)OOC(C)=O.CCOC(=O)N1CCC(=O)C1.CCOC(=O)N1CCC(N2CCC(=C3C(=O)Nc4ccccc43)CC2)C1.CCOC(=O)N1CCC(N2CCC(C3C(=O)Nc4ccccc43)CC2)C1.O=C1Nc2ccccc2C1=C1CCNCC1.[B-]OC(C)=O.[Na+]. The molecule has 3 aromatic carbocycles. The summed E-state index contributed by atoms with van der Waals surface area (Å²) in [5.74, 6) is -0.991. The average molecular weight is 1310 g/mol. The van der Waals surface area contributed by atoms with Gasteiger partial charge in [0.05, 0.1) is 32.3 Å². The molecule has 0 spiro atoms. The van der Waals surface area contributed by atoms with Gasteiger partial charge < -0.3 is 62.9 Å². The van der Waals surface area contributed by atoms with Gasteiger partial charge in [0.1, 0.15) is 0 Å². The molecule has 9 heterocycles. The van der Waals surface area contributed by atoms with Crippen LogP contribution in [0.15, 0.2) is 83.9 Å². The number of rotatable bonds is 6.